The number of benzene rings is 1. The van der Waals surface area contributed by atoms with Gasteiger partial charge in [0.25, 0.3) is 0 Å². The molecule has 2 nitrogen and oxygen atoms in total. The van der Waals surface area contributed by atoms with E-state index in [1.165, 1.54) is 0 Å². The number of hydrogen-bond acceptors (Lipinski definition) is 2. The van der Waals surface area contributed by atoms with Crippen LogP contribution < -0.4 is 0 Å². The quantitative estimate of drug-likeness (QED) is 0.813. The number of rotatable bonds is 4. The van der Waals surface area contributed by atoms with E-state index in [0.717, 1.165) is 0 Å². The maximum Gasteiger partial charge on any atom is 0.131 e. The first-order valence-electron chi connectivity index (χ1n) is 6.86. The predicted molar refractivity (Wildman–Crippen MR) is 78.8 cm³/mol. The number of para-hydroxylation sites is 1. The lowest BCUT2D eigenvalue weighted by molar-refractivity contribution is 0.0567. The van der Waals surface area contributed by atoms with Crippen molar-refractivity contribution in [3.63, 3.8) is 0 Å². The van der Waals surface area contributed by atoms with Gasteiger partial charge in [-0.15, -0.1) is 0 Å². The SMILES string of the molecule is CC(C)CC(O)(C#Cc1ccccc1O)CC(C)C. The summed E-state index contributed by atoms with van der Waals surface area (Å²) >= 11 is 0. The molecule has 19 heavy (non-hydrogen) atoms. The molecule has 0 atom stereocenters. The molecule has 0 bridgehead atoms. The van der Waals surface area contributed by atoms with Crippen LogP contribution >= 0.6 is 0 Å². The van der Waals surface area contributed by atoms with Crippen LogP contribution in [0.25, 0.3) is 0 Å². The first kappa shape index (κ1) is 15.6. The Balaban J connectivity index is 2.98. The van der Waals surface area contributed by atoms with Gasteiger partial charge in [0.1, 0.15) is 11.4 Å². The molecule has 0 amide bonds. The Labute approximate surface area is 116 Å². The molecule has 0 aromatic heterocycles. The van der Waals surface area contributed by atoms with Crippen LogP contribution in [0.5, 0.6) is 5.75 Å². The Morgan fingerprint density at radius 1 is 1.05 bits per heavy atom. The van der Waals surface area contributed by atoms with Crippen molar-refractivity contribution in [3.05, 3.63) is 29.8 Å². The van der Waals surface area contributed by atoms with Crippen LogP contribution in [-0.2, 0) is 0 Å². The van der Waals surface area contributed by atoms with Crippen LogP contribution in [0.2, 0.25) is 0 Å². The minimum atomic E-state index is -0.982. The van der Waals surface area contributed by atoms with Crippen LogP contribution in [0, 0.1) is 23.7 Å². The van der Waals surface area contributed by atoms with Crippen molar-refractivity contribution < 1.29 is 10.2 Å². The van der Waals surface area contributed by atoms with Gasteiger partial charge < -0.3 is 10.2 Å². The molecule has 0 aliphatic carbocycles. The summed E-state index contributed by atoms with van der Waals surface area (Å²) in [5, 5.41) is 20.3. The summed E-state index contributed by atoms with van der Waals surface area (Å²) in [6.45, 7) is 8.31. The monoisotopic (exact) mass is 260 g/mol. The van der Waals surface area contributed by atoms with E-state index in [9.17, 15) is 10.2 Å². The third kappa shape index (κ3) is 5.36. The van der Waals surface area contributed by atoms with Crippen molar-refractivity contribution in [2.24, 2.45) is 11.8 Å². The van der Waals surface area contributed by atoms with Crippen molar-refractivity contribution in [2.75, 3.05) is 0 Å². The molecule has 0 fully saturated rings. The minimum Gasteiger partial charge on any atom is -0.507 e. The van der Waals surface area contributed by atoms with Crippen molar-refractivity contribution in [3.8, 4) is 17.6 Å². The number of phenols is 1. The summed E-state index contributed by atoms with van der Waals surface area (Å²) in [4.78, 5) is 0. The Bertz CT molecular complexity index is 454. The van der Waals surface area contributed by atoms with Crippen LogP contribution in [0.1, 0.15) is 46.1 Å². The number of aliphatic hydroxyl groups is 1. The minimum absolute atomic E-state index is 0.159. The predicted octanol–water partition coefficient (Wildman–Crippen LogP) is 3.57. The average Bonchev–Trinajstić information content (AvgIpc) is 2.25. The molecule has 0 heterocycles. The smallest absolute Gasteiger partial charge is 0.131 e. The number of hydrogen-bond donors (Lipinski definition) is 2. The molecule has 0 radical (unpaired) electrons. The molecule has 1 aromatic carbocycles. The van der Waals surface area contributed by atoms with Crippen molar-refractivity contribution in [1.82, 2.24) is 0 Å². The second-order valence-corrected chi connectivity index (χ2v) is 5.99. The summed E-state index contributed by atoms with van der Waals surface area (Å²) in [7, 11) is 0. The molecular weight excluding hydrogens is 236 g/mol. The molecule has 0 spiro atoms. The maximum atomic E-state index is 10.6. The average molecular weight is 260 g/mol. The number of aromatic hydroxyl groups is 1. The molecule has 0 saturated heterocycles. The highest BCUT2D eigenvalue weighted by molar-refractivity contribution is 5.45. The molecule has 0 aliphatic rings. The normalized spacial score (nSPS) is 11.5. The first-order valence-corrected chi connectivity index (χ1v) is 6.86. The zero-order chi connectivity index (χ0) is 14.5. The first-order chi connectivity index (χ1) is 8.82. The fourth-order valence-corrected chi connectivity index (χ4v) is 2.30. The van der Waals surface area contributed by atoms with Gasteiger partial charge in [-0.3, -0.25) is 0 Å². The fraction of sp³-hybridized carbons (Fsp3) is 0.529. The second-order valence-electron chi connectivity index (χ2n) is 5.99. The van der Waals surface area contributed by atoms with Gasteiger partial charge in [0, 0.05) is 0 Å². The second kappa shape index (κ2) is 6.63. The molecule has 0 saturated carbocycles. The lowest BCUT2D eigenvalue weighted by Crippen LogP contribution is -2.30. The molecule has 1 aromatic rings. The molecule has 2 N–H and O–H groups in total. The lowest BCUT2D eigenvalue weighted by Gasteiger charge is -2.26. The molecule has 104 valence electrons. The van der Waals surface area contributed by atoms with Crippen LogP contribution in [-0.4, -0.2) is 15.8 Å². The highest BCUT2D eigenvalue weighted by Gasteiger charge is 2.26. The Morgan fingerprint density at radius 3 is 2.05 bits per heavy atom. The van der Waals surface area contributed by atoms with Gasteiger partial charge in [-0.1, -0.05) is 51.7 Å². The molecule has 0 aliphatic heterocycles. The summed E-state index contributed by atoms with van der Waals surface area (Å²) < 4.78 is 0. The van der Waals surface area contributed by atoms with Crippen LogP contribution in [0.15, 0.2) is 24.3 Å². The fourth-order valence-electron chi connectivity index (χ4n) is 2.30. The van der Waals surface area contributed by atoms with E-state index in [-0.39, 0.29) is 5.75 Å². The van der Waals surface area contributed by atoms with Gasteiger partial charge in [-0.2, -0.15) is 0 Å². The topological polar surface area (TPSA) is 40.5 Å². The summed E-state index contributed by atoms with van der Waals surface area (Å²) in [5.74, 6) is 6.79. The number of phenolic OH excluding ortho intramolecular Hbond substituents is 1. The molecule has 2 heteroatoms. The van der Waals surface area contributed by atoms with E-state index in [2.05, 4.69) is 39.5 Å². The van der Waals surface area contributed by atoms with Crippen molar-refractivity contribution >= 4 is 0 Å². The van der Waals surface area contributed by atoms with Gasteiger partial charge in [0.2, 0.25) is 0 Å². The maximum absolute atomic E-state index is 10.6. The zero-order valence-electron chi connectivity index (χ0n) is 12.3. The Morgan fingerprint density at radius 2 is 1.58 bits per heavy atom. The highest BCUT2D eigenvalue weighted by Crippen LogP contribution is 2.25. The van der Waals surface area contributed by atoms with Gasteiger partial charge in [-0.05, 0) is 36.8 Å². The van der Waals surface area contributed by atoms with Crippen LogP contribution in [0.3, 0.4) is 0 Å². The lowest BCUT2D eigenvalue weighted by atomic mass is 9.85. The van der Waals surface area contributed by atoms with Gasteiger partial charge in [0.05, 0.1) is 5.56 Å². The molecule has 0 unspecified atom stereocenters. The van der Waals surface area contributed by atoms with E-state index >= 15 is 0 Å². The van der Waals surface area contributed by atoms with Gasteiger partial charge >= 0.3 is 0 Å². The highest BCUT2D eigenvalue weighted by atomic mass is 16.3. The Hall–Kier alpha value is -1.46. The Kier molecular flexibility index (Phi) is 5.44. The zero-order valence-corrected chi connectivity index (χ0v) is 12.3. The van der Waals surface area contributed by atoms with Gasteiger partial charge in [0.15, 0.2) is 0 Å². The molecular formula is C17H24O2. The van der Waals surface area contributed by atoms with E-state index < -0.39 is 5.60 Å². The molecule has 1 rings (SSSR count). The van der Waals surface area contributed by atoms with E-state index in [4.69, 9.17) is 0 Å². The summed E-state index contributed by atoms with van der Waals surface area (Å²) in [5.41, 5.74) is -0.418. The van der Waals surface area contributed by atoms with Crippen LogP contribution in [0.4, 0.5) is 0 Å². The van der Waals surface area contributed by atoms with Gasteiger partial charge in [-0.25, -0.2) is 0 Å². The summed E-state index contributed by atoms with van der Waals surface area (Å²) in [6.07, 6.45) is 1.29. The van der Waals surface area contributed by atoms with E-state index in [0.29, 0.717) is 30.2 Å². The largest absolute Gasteiger partial charge is 0.507 e. The van der Waals surface area contributed by atoms with Crippen molar-refractivity contribution in [2.45, 2.75) is 46.1 Å². The summed E-state index contributed by atoms with van der Waals surface area (Å²) in [6, 6.07) is 6.95. The van der Waals surface area contributed by atoms with E-state index in [1.807, 2.05) is 6.07 Å². The van der Waals surface area contributed by atoms with Crippen molar-refractivity contribution in [1.29, 1.82) is 0 Å². The third-order valence-electron chi connectivity index (χ3n) is 2.83. The van der Waals surface area contributed by atoms with E-state index in [1.54, 1.807) is 18.2 Å². The third-order valence-corrected chi connectivity index (χ3v) is 2.83. The standard InChI is InChI=1S/C17H24O2/c1-13(2)11-17(19,12-14(3)4)10-9-15-7-5-6-8-16(15)18/h5-8,13-14,18-19H,11-12H2,1-4H3.